The predicted molar refractivity (Wildman–Crippen MR) is 137 cm³/mol. The molecule has 1 aromatic rings. The molecule has 1 N–H and O–H groups in total. The van der Waals surface area contributed by atoms with Gasteiger partial charge >= 0.3 is 5.97 Å². The van der Waals surface area contributed by atoms with E-state index in [1.54, 1.807) is 25.7 Å². The number of esters is 1. The number of carbonyl (C=O) groups excluding carboxylic acids is 3. The zero-order chi connectivity index (χ0) is 24.8. The first-order valence-corrected chi connectivity index (χ1v) is 13.5. The van der Waals surface area contributed by atoms with E-state index in [0.29, 0.717) is 40.5 Å². The molecule has 0 aliphatic carbocycles. The van der Waals surface area contributed by atoms with Gasteiger partial charge in [0.05, 0.1) is 16.5 Å². The van der Waals surface area contributed by atoms with Crippen molar-refractivity contribution >= 4 is 34.1 Å². The molecule has 0 radical (unpaired) electrons. The Morgan fingerprint density at radius 3 is 1.97 bits per heavy atom. The van der Waals surface area contributed by atoms with Gasteiger partial charge in [-0.05, 0) is 46.6 Å². The van der Waals surface area contributed by atoms with Crippen molar-refractivity contribution in [2.75, 3.05) is 18.4 Å². The fourth-order valence-electron chi connectivity index (χ4n) is 3.76. The number of thiophene rings is 1. The van der Waals surface area contributed by atoms with E-state index in [0.717, 1.165) is 19.3 Å². The van der Waals surface area contributed by atoms with Crippen LogP contribution in [0.4, 0.5) is 5.00 Å². The van der Waals surface area contributed by atoms with Gasteiger partial charge in [0.1, 0.15) is 5.00 Å². The first-order chi connectivity index (χ1) is 15.8. The number of carbonyl (C=O) groups is 3. The third-order valence-electron chi connectivity index (χ3n) is 5.70. The normalized spacial score (nSPS) is 11.0. The van der Waals surface area contributed by atoms with Crippen LogP contribution in [-0.2, 0) is 9.53 Å². The lowest BCUT2D eigenvalue weighted by Crippen LogP contribution is -2.30. The van der Waals surface area contributed by atoms with Gasteiger partial charge in [-0.1, -0.05) is 58.3 Å². The lowest BCUT2D eigenvalue weighted by Gasteiger charge is -2.18. The van der Waals surface area contributed by atoms with Crippen molar-refractivity contribution in [2.45, 2.75) is 112 Å². The van der Waals surface area contributed by atoms with E-state index in [9.17, 15) is 14.4 Å². The topological polar surface area (TPSA) is 75.7 Å². The van der Waals surface area contributed by atoms with Gasteiger partial charge in [-0.3, -0.25) is 9.59 Å². The second kappa shape index (κ2) is 15.9. The maximum atomic E-state index is 13.0. The smallest absolute Gasteiger partial charge is 0.341 e. The molecule has 188 valence electrons. The minimum Gasteiger partial charge on any atom is -0.459 e. The molecule has 6 nitrogen and oxygen atoms in total. The lowest BCUT2D eigenvalue weighted by atomic mass is 10.1. The summed E-state index contributed by atoms with van der Waals surface area (Å²) < 4.78 is 5.40. The molecule has 0 unspecified atom stereocenters. The van der Waals surface area contributed by atoms with Crippen LogP contribution in [0.2, 0.25) is 0 Å². The minimum absolute atomic E-state index is 0.125. The molecule has 0 saturated heterocycles. The van der Waals surface area contributed by atoms with Crippen LogP contribution in [0.15, 0.2) is 0 Å². The second-order valence-corrected chi connectivity index (χ2v) is 9.84. The van der Waals surface area contributed by atoms with Crippen molar-refractivity contribution < 1.29 is 19.1 Å². The van der Waals surface area contributed by atoms with Gasteiger partial charge in [-0.15, -0.1) is 11.3 Å². The summed E-state index contributed by atoms with van der Waals surface area (Å²) >= 11 is 1.17. The Bertz CT molecular complexity index is 754. The summed E-state index contributed by atoms with van der Waals surface area (Å²) in [7, 11) is 0. The van der Waals surface area contributed by atoms with E-state index in [4.69, 9.17) is 4.74 Å². The molecule has 0 fully saturated rings. The fourth-order valence-corrected chi connectivity index (χ4v) is 4.94. The monoisotopic (exact) mass is 480 g/mol. The molecule has 0 aromatic carbocycles. The second-order valence-electron chi connectivity index (χ2n) is 8.82. The quantitative estimate of drug-likeness (QED) is 0.205. The molecule has 1 aromatic heterocycles. The van der Waals surface area contributed by atoms with Crippen molar-refractivity contribution in [3.63, 3.8) is 0 Å². The van der Waals surface area contributed by atoms with Gasteiger partial charge in [-0.25, -0.2) is 4.79 Å². The molecule has 0 saturated carbocycles. The maximum Gasteiger partial charge on any atom is 0.341 e. The summed E-state index contributed by atoms with van der Waals surface area (Å²) in [5.41, 5.74) is 0.866. The van der Waals surface area contributed by atoms with E-state index in [-0.39, 0.29) is 17.9 Å². The molecule has 1 heterocycles. The number of hydrogen-bond acceptors (Lipinski definition) is 5. The van der Waals surface area contributed by atoms with Crippen molar-refractivity contribution in [1.82, 2.24) is 4.90 Å². The molecular weight excluding hydrogens is 436 g/mol. The summed E-state index contributed by atoms with van der Waals surface area (Å²) in [5, 5.41) is 3.30. The average Bonchev–Trinajstić information content (AvgIpc) is 3.08. The highest BCUT2D eigenvalue weighted by Gasteiger charge is 2.28. The largest absolute Gasteiger partial charge is 0.459 e. The zero-order valence-electron chi connectivity index (χ0n) is 21.6. The predicted octanol–water partition coefficient (Wildman–Crippen LogP) is 6.96. The number of amides is 2. The van der Waals surface area contributed by atoms with Crippen molar-refractivity contribution in [3.05, 3.63) is 16.0 Å². The van der Waals surface area contributed by atoms with Crippen LogP contribution in [0.5, 0.6) is 0 Å². The summed E-state index contributed by atoms with van der Waals surface area (Å²) in [6.45, 7) is 12.5. The third kappa shape index (κ3) is 9.86. The molecule has 0 bridgehead atoms. The minimum atomic E-state index is -0.504. The van der Waals surface area contributed by atoms with Gasteiger partial charge in [0.25, 0.3) is 5.91 Å². The zero-order valence-corrected chi connectivity index (χ0v) is 22.4. The molecule has 0 aliphatic heterocycles. The molecule has 0 atom stereocenters. The van der Waals surface area contributed by atoms with Crippen LogP contribution in [-0.4, -0.2) is 41.9 Å². The molecule has 2 amide bonds. The van der Waals surface area contributed by atoms with Crippen molar-refractivity contribution in [2.24, 2.45) is 0 Å². The molecular formula is C26H44N2O4S. The Balaban J connectivity index is 2.77. The van der Waals surface area contributed by atoms with Crippen LogP contribution >= 0.6 is 11.3 Å². The first-order valence-electron chi connectivity index (χ1n) is 12.7. The summed E-state index contributed by atoms with van der Waals surface area (Å²) in [6, 6.07) is 0. The van der Waals surface area contributed by atoms with Gasteiger partial charge in [0, 0.05) is 19.5 Å². The Morgan fingerprint density at radius 1 is 0.909 bits per heavy atom. The highest BCUT2D eigenvalue weighted by Crippen LogP contribution is 2.35. The SMILES string of the molecule is CCCCCCCCCCCC(=O)Nc1sc(C(=O)N(CC)CC)c(C)c1C(=O)OC(C)C. The standard InChI is InChI=1S/C26H44N2O4S/c1-7-10-11-12-13-14-15-16-17-18-21(29)27-24-22(26(31)32-19(4)5)20(6)23(33-24)25(30)28(8-2)9-3/h19H,7-18H2,1-6H3,(H,27,29). The number of nitrogens with zero attached hydrogens (tertiary/aromatic N) is 1. The number of rotatable bonds is 16. The number of unbranched alkanes of at least 4 members (excludes halogenated alkanes) is 8. The van der Waals surface area contributed by atoms with Gasteiger partial charge < -0.3 is 15.0 Å². The van der Waals surface area contributed by atoms with Crippen LogP contribution in [0.25, 0.3) is 0 Å². The van der Waals surface area contributed by atoms with Crippen LogP contribution in [0.3, 0.4) is 0 Å². The number of hydrogen-bond donors (Lipinski definition) is 1. The Morgan fingerprint density at radius 2 is 1.45 bits per heavy atom. The number of nitrogens with one attached hydrogen (secondary N) is 1. The fraction of sp³-hybridized carbons (Fsp3) is 0.731. The molecule has 33 heavy (non-hydrogen) atoms. The first kappa shape index (κ1) is 29.1. The third-order valence-corrected chi connectivity index (χ3v) is 6.89. The summed E-state index contributed by atoms with van der Waals surface area (Å²) in [4.78, 5) is 40.5. The highest BCUT2D eigenvalue weighted by molar-refractivity contribution is 7.18. The number of ether oxygens (including phenoxy) is 1. The van der Waals surface area contributed by atoms with Crippen LogP contribution in [0, 0.1) is 6.92 Å². The van der Waals surface area contributed by atoms with E-state index in [1.165, 1.54) is 49.9 Å². The molecule has 7 heteroatoms. The maximum absolute atomic E-state index is 13.0. The van der Waals surface area contributed by atoms with E-state index in [2.05, 4.69) is 12.2 Å². The summed E-state index contributed by atoms with van der Waals surface area (Å²) in [5.74, 6) is -0.754. The highest BCUT2D eigenvalue weighted by atomic mass is 32.1. The lowest BCUT2D eigenvalue weighted by molar-refractivity contribution is -0.116. The number of anilines is 1. The molecule has 0 spiro atoms. The average molecular weight is 481 g/mol. The van der Waals surface area contributed by atoms with Crippen LogP contribution in [0.1, 0.15) is 124 Å². The van der Waals surface area contributed by atoms with E-state index >= 15 is 0 Å². The Labute approximate surface area is 204 Å². The van der Waals surface area contributed by atoms with E-state index in [1.807, 2.05) is 13.8 Å². The van der Waals surface area contributed by atoms with Gasteiger partial charge in [0.2, 0.25) is 5.91 Å². The van der Waals surface area contributed by atoms with Crippen LogP contribution < -0.4 is 5.32 Å². The molecule has 0 aliphatic rings. The van der Waals surface area contributed by atoms with Gasteiger partial charge in [0.15, 0.2) is 0 Å². The van der Waals surface area contributed by atoms with E-state index < -0.39 is 5.97 Å². The Kier molecular flexibility index (Phi) is 14.0. The Hall–Kier alpha value is -1.89. The molecule has 1 rings (SSSR count). The van der Waals surface area contributed by atoms with Crippen molar-refractivity contribution in [1.29, 1.82) is 0 Å². The van der Waals surface area contributed by atoms with Gasteiger partial charge in [-0.2, -0.15) is 0 Å². The van der Waals surface area contributed by atoms with Crippen molar-refractivity contribution in [3.8, 4) is 0 Å². The summed E-state index contributed by atoms with van der Waals surface area (Å²) in [6.07, 6.45) is 10.8.